The summed E-state index contributed by atoms with van der Waals surface area (Å²) in [6.45, 7) is 5.57. The lowest BCUT2D eigenvalue weighted by Gasteiger charge is -2.16. The van der Waals surface area contributed by atoms with Crippen molar-refractivity contribution < 1.29 is 14.8 Å². The summed E-state index contributed by atoms with van der Waals surface area (Å²) in [4.78, 5) is 25.4. The number of hydrogen-bond donors (Lipinski definition) is 1. The van der Waals surface area contributed by atoms with Crippen LogP contribution in [0.15, 0.2) is 47.7 Å². The average molecular weight is 392 g/mol. The first-order valence-electron chi connectivity index (χ1n) is 8.69. The molecule has 1 aromatic carbocycles. The molecule has 0 aliphatic rings. The van der Waals surface area contributed by atoms with E-state index in [4.69, 9.17) is 0 Å². The van der Waals surface area contributed by atoms with Crippen molar-refractivity contribution in [3.63, 3.8) is 0 Å². The predicted molar refractivity (Wildman–Crippen MR) is 106 cm³/mol. The molecule has 0 spiro atoms. The minimum atomic E-state index is -1.21. The largest absolute Gasteiger partial charge is 0.545 e. The minimum Gasteiger partial charge on any atom is -0.545 e. The Balaban J connectivity index is 1.86. The fraction of sp³-hybridized carbons (Fsp3) is 0.150. The SMILES string of the molecule is Cc1c(C(=O)[O-])cccc1-n1c(C)cc(/C=N\Nc2ccc([N+](=O)[O-])cn2)c1C. The molecule has 0 saturated heterocycles. The van der Waals surface area contributed by atoms with Gasteiger partial charge in [0.2, 0.25) is 0 Å². The van der Waals surface area contributed by atoms with E-state index in [-0.39, 0.29) is 11.3 Å². The molecule has 3 aromatic rings. The Morgan fingerprint density at radius 3 is 2.62 bits per heavy atom. The molecular weight excluding hydrogens is 374 g/mol. The molecule has 1 N–H and O–H groups in total. The van der Waals surface area contributed by atoms with E-state index in [2.05, 4.69) is 15.5 Å². The van der Waals surface area contributed by atoms with E-state index in [0.717, 1.165) is 28.8 Å². The van der Waals surface area contributed by atoms with Gasteiger partial charge in [-0.25, -0.2) is 4.98 Å². The number of carbonyl (C=O) groups is 1. The van der Waals surface area contributed by atoms with Gasteiger partial charge in [0.15, 0.2) is 0 Å². The first kappa shape index (κ1) is 19.7. The lowest BCUT2D eigenvalue weighted by atomic mass is 10.1. The maximum Gasteiger partial charge on any atom is 0.287 e. The Morgan fingerprint density at radius 1 is 1.24 bits per heavy atom. The van der Waals surface area contributed by atoms with Crippen molar-refractivity contribution in [2.24, 2.45) is 5.10 Å². The summed E-state index contributed by atoms with van der Waals surface area (Å²) in [6, 6.07) is 9.78. The standard InChI is InChI=1S/C20H19N5O4/c1-12-9-15(10-22-23-19-8-7-16(11-21-19)25(28)29)14(3)24(12)18-6-4-5-17(13(18)2)20(26)27/h4-11H,1-3H3,(H,21,23)(H,26,27)/p-1/b22-10-. The number of aromatic nitrogens is 2. The van der Waals surface area contributed by atoms with Crippen LogP contribution in [0.3, 0.4) is 0 Å². The van der Waals surface area contributed by atoms with Crippen molar-refractivity contribution in [3.8, 4) is 5.69 Å². The molecule has 2 aromatic heterocycles. The second-order valence-electron chi connectivity index (χ2n) is 6.43. The number of nitrogens with one attached hydrogen (secondary N) is 1. The van der Waals surface area contributed by atoms with Crippen molar-refractivity contribution >= 4 is 23.7 Å². The van der Waals surface area contributed by atoms with Crippen molar-refractivity contribution in [2.45, 2.75) is 20.8 Å². The van der Waals surface area contributed by atoms with Crippen LogP contribution in [0.25, 0.3) is 5.69 Å². The Bertz CT molecular complexity index is 1120. The zero-order valence-electron chi connectivity index (χ0n) is 16.0. The minimum absolute atomic E-state index is 0.0998. The van der Waals surface area contributed by atoms with Gasteiger partial charge in [-0.1, -0.05) is 12.1 Å². The second-order valence-corrected chi connectivity index (χ2v) is 6.43. The smallest absolute Gasteiger partial charge is 0.287 e. The first-order valence-corrected chi connectivity index (χ1v) is 8.69. The molecule has 2 heterocycles. The zero-order valence-corrected chi connectivity index (χ0v) is 16.0. The molecule has 0 saturated carbocycles. The van der Waals surface area contributed by atoms with Crippen LogP contribution in [0.1, 0.15) is 32.9 Å². The van der Waals surface area contributed by atoms with Crippen LogP contribution in [0.2, 0.25) is 0 Å². The molecule has 3 rings (SSSR count). The van der Waals surface area contributed by atoms with E-state index in [1.54, 1.807) is 19.2 Å². The van der Waals surface area contributed by atoms with Gasteiger partial charge in [0, 0.05) is 34.3 Å². The van der Waals surface area contributed by atoms with Crippen LogP contribution >= 0.6 is 0 Å². The van der Waals surface area contributed by atoms with E-state index in [1.807, 2.05) is 30.5 Å². The molecule has 0 fully saturated rings. The molecule has 29 heavy (non-hydrogen) atoms. The van der Waals surface area contributed by atoms with E-state index in [1.165, 1.54) is 18.2 Å². The van der Waals surface area contributed by atoms with Crippen molar-refractivity contribution in [1.29, 1.82) is 0 Å². The van der Waals surface area contributed by atoms with Crippen LogP contribution in [0, 0.1) is 30.9 Å². The Morgan fingerprint density at radius 2 is 2.00 bits per heavy atom. The second kappa shape index (κ2) is 7.93. The predicted octanol–water partition coefficient (Wildman–Crippen LogP) is 2.52. The van der Waals surface area contributed by atoms with Crippen molar-refractivity contribution in [3.05, 3.63) is 80.8 Å². The maximum absolute atomic E-state index is 11.3. The highest BCUT2D eigenvalue weighted by Gasteiger charge is 2.13. The van der Waals surface area contributed by atoms with E-state index >= 15 is 0 Å². The third kappa shape index (κ3) is 3.98. The van der Waals surface area contributed by atoms with Crippen LogP contribution < -0.4 is 10.5 Å². The lowest BCUT2D eigenvalue weighted by Crippen LogP contribution is -2.23. The summed E-state index contributed by atoms with van der Waals surface area (Å²) in [7, 11) is 0. The van der Waals surface area contributed by atoms with Crippen LogP contribution in [-0.2, 0) is 0 Å². The molecule has 0 amide bonds. The molecule has 0 atom stereocenters. The van der Waals surface area contributed by atoms with Crippen LogP contribution in [-0.4, -0.2) is 26.7 Å². The van der Waals surface area contributed by atoms with Crippen LogP contribution in [0.5, 0.6) is 0 Å². The van der Waals surface area contributed by atoms with Gasteiger partial charge < -0.3 is 14.5 Å². The number of carboxylic acid groups (broad SMARTS) is 1. The number of aromatic carboxylic acids is 1. The van der Waals surface area contributed by atoms with Gasteiger partial charge in [-0.2, -0.15) is 5.10 Å². The number of nitro groups is 1. The molecule has 0 aliphatic heterocycles. The monoisotopic (exact) mass is 392 g/mol. The maximum atomic E-state index is 11.3. The number of carbonyl (C=O) groups excluding carboxylic acids is 1. The Hall–Kier alpha value is -4.01. The highest BCUT2D eigenvalue weighted by Crippen LogP contribution is 2.24. The van der Waals surface area contributed by atoms with Gasteiger partial charge >= 0.3 is 0 Å². The molecule has 9 nitrogen and oxygen atoms in total. The summed E-state index contributed by atoms with van der Waals surface area (Å²) >= 11 is 0. The summed E-state index contributed by atoms with van der Waals surface area (Å²) in [5.41, 5.74) is 6.77. The number of aryl methyl sites for hydroxylation is 1. The van der Waals surface area contributed by atoms with Gasteiger partial charge in [-0.05, 0) is 44.5 Å². The number of hydrazone groups is 1. The molecule has 0 aliphatic carbocycles. The molecule has 0 unspecified atom stereocenters. The molecule has 0 bridgehead atoms. The first-order chi connectivity index (χ1) is 13.8. The summed E-state index contributed by atoms with van der Waals surface area (Å²) in [6.07, 6.45) is 2.76. The molecule has 9 heteroatoms. The molecule has 148 valence electrons. The summed E-state index contributed by atoms with van der Waals surface area (Å²) in [5.74, 6) is -0.841. The number of anilines is 1. The van der Waals surface area contributed by atoms with E-state index in [0.29, 0.717) is 11.4 Å². The third-order valence-electron chi connectivity index (χ3n) is 4.58. The van der Waals surface area contributed by atoms with Crippen molar-refractivity contribution in [1.82, 2.24) is 9.55 Å². The van der Waals surface area contributed by atoms with E-state index < -0.39 is 10.9 Å². The fourth-order valence-electron chi connectivity index (χ4n) is 3.10. The number of pyridine rings is 1. The van der Waals surface area contributed by atoms with E-state index in [9.17, 15) is 20.0 Å². The Kier molecular flexibility index (Phi) is 5.40. The highest BCUT2D eigenvalue weighted by molar-refractivity contribution is 5.89. The van der Waals surface area contributed by atoms with Crippen molar-refractivity contribution in [2.75, 3.05) is 5.43 Å². The highest BCUT2D eigenvalue weighted by atomic mass is 16.6. The number of rotatable bonds is 6. The third-order valence-corrected chi connectivity index (χ3v) is 4.58. The number of nitrogens with zero attached hydrogens (tertiary/aromatic N) is 4. The quantitative estimate of drug-likeness (QED) is 0.390. The zero-order chi connectivity index (χ0) is 21.1. The topological polar surface area (TPSA) is 125 Å². The van der Waals surface area contributed by atoms with Gasteiger partial charge in [-0.3, -0.25) is 15.5 Å². The molecule has 0 radical (unpaired) electrons. The average Bonchev–Trinajstić information content (AvgIpc) is 2.96. The van der Waals surface area contributed by atoms with Gasteiger partial charge in [-0.15, -0.1) is 0 Å². The number of benzene rings is 1. The summed E-state index contributed by atoms with van der Waals surface area (Å²) in [5, 5.41) is 26.1. The van der Waals surface area contributed by atoms with Gasteiger partial charge in [0.05, 0.1) is 17.1 Å². The summed E-state index contributed by atoms with van der Waals surface area (Å²) < 4.78 is 1.95. The number of hydrogen-bond acceptors (Lipinski definition) is 7. The van der Waals surface area contributed by atoms with Crippen LogP contribution in [0.4, 0.5) is 11.5 Å². The number of carboxylic acids is 1. The lowest BCUT2D eigenvalue weighted by molar-refractivity contribution is -0.385. The Labute approximate surface area is 166 Å². The molecular formula is C20H18N5O4-. The van der Waals surface area contributed by atoms with Gasteiger partial charge in [0.1, 0.15) is 12.0 Å². The fourth-order valence-corrected chi connectivity index (χ4v) is 3.10. The normalized spacial score (nSPS) is 11.0. The van der Waals surface area contributed by atoms with Gasteiger partial charge in [0.25, 0.3) is 5.69 Å².